The fourth-order valence-corrected chi connectivity index (χ4v) is 3.76. The van der Waals surface area contributed by atoms with Gasteiger partial charge in [0.05, 0.1) is 6.61 Å². The van der Waals surface area contributed by atoms with E-state index in [9.17, 15) is 4.79 Å². The lowest BCUT2D eigenvalue weighted by Crippen LogP contribution is -2.51. The summed E-state index contributed by atoms with van der Waals surface area (Å²) in [6, 6.07) is 10.2. The number of hydrogen-bond acceptors (Lipinski definition) is 5. The highest BCUT2D eigenvalue weighted by Gasteiger charge is 2.40. The molecule has 26 heavy (non-hydrogen) atoms. The van der Waals surface area contributed by atoms with Crippen LogP contribution < -0.4 is 0 Å². The van der Waals surface area contributed by atoms with Gasteiger partial charge in [-0.05, 0) is 46.1 Å². The third-order valence-electron chi connectivity index (χ3n) is 5.07. The van der Waals surface area contributed by atoms with Crippen LogP contribution in [0.4, 0.5) is 0 Å². The molecule has 5 nitrogen and oxygen atoms in total. The number of carbonyl (C=O) groups is 1. The Morgan fingerprint density at radius 2 is 1.77 bits per heavy atom. The van der Waals surface area contributed by atoms with Crippen molar-refractivity contribution in [1.82, 2.24) is 4.90 Å². The number of ether oxygens (including phenoxy) is 3. The molecular formula is C21H33NO4. The predicted molar refractivity (Wildman–Crippen MR) is 102 cm³/mol. The number of hydrogen-bond donors (Lipinski definition) is 0. The molecule has 1 aromatic rings. The Balaban J connectivity index is 2.17. The molecule has 0 amide bonds. The lowest BCUT2D eigenvalue weighted by atomic mass is 9.88. The van der Waals surface area contributed by atoms with Gasteiger partial charge in [0.1, 0.15) is 6.04 Å². The molecule has 1 aliphatic rings. The lowest BCUT2D eigenvalue weighted by Gasteiger charge is -2.43. The molecule has 1 unspecified atom stereocenters. The fraction of sp³-hybridized carbons (Fsp3) is 0.667. The van der Waals surface area contributed by atoms with Crippen LogP contribution in [0.1, 0.15) is 52.1 Å². The van der Waals surface area contributed by atoms with Crippen molar-refractivity contribution < 1.29 is 19.0 Å². The smallest absolute Gasteiger partial charge is 0.323 e. The number of benzene rings is 1. The van der Waals surface area contributed by atoms with Gasteiger partial charge in [-0.25, -0.2) is 0 Å². The van der Waals surface area contributed by atoms with Gasteiger partial charge in [-0.3, -0.25) is 9.69 Å². The molecule has 0 N–H and O–H groups in total. The Morgan fingerprint density at radius 1 is 1.12 bits per heavy atom. The molecule has 0 bridgehead atoms. The van der Waals surface area contributed by atoms with Crippen molar-refractivity contribution in [2.45, 2.75) is 58.9 Å². The first-order valence-electron chi connectivity index (χ1n) is 9.82. The van der Waals surface area contributed by atoms with Gasteiger partial charge < -0.3 is 14.2 Å². The van der Waals surface area contributed by atoms with Crippen molar-refractivity contribution in [2.24, 2.45) is 5.92 Å². The van der Waals surface area contributed by atoms with E-state index in [1.807, 2.05) is 39.0 Å². The summed E-state index contributed by atoms with van der Waals surface area (Å²) in [6.07, 6.45) is 1.38. The summed E-state index contributed by atoms with van der Waals surface area (Å²) in [5.74, 6) is 0.0512. The van der Waals surface area contributed by atoms with Crippen LogP contribution in [0.3, 0.4) is 0 Å². The van der Waals surface area contributed by atoms with Crippen molar-refractivity contribution in [3.05, 3.63) is 35.9 Å². The monoisotopic (exact) mass is 363 g/mol. The maximum absolute atomic E-state index is 12.7. The molecule has 0 aliphatic carbocycles. The summed E-state index contributed by atoms with van der Waals surface area (Å²) in [5.41, 5.74) is 1.21. The van der Waals surface area contributed by atoms with E-state index >= 15 is 0 Å². The molecule has 1 heterocycles. The molecule has 0 radical (unpaired) electrons. The Morgan fingerprint density at radius 3 is 2.35 bits per heavy atom. The maximum atomic E-state index is 12.7. The van der Waals surface area contributed by atoms with Crippen molar-refractivity contribution in [1.29, 1.82) is 0 Å². The van der Waals surface area contributed by atoms with Gasteiger partial charge in [0, 0.05) is 31.7 Å². The minimum Gasteiger partial charge on any atom is -0.465 e. The van der Waals surface area contributed by atoms with Crippen LogP contribution in [0.15, 0.2) is 30.3 Å². The van der Waals surface area contributed by atoms with Crippen molar-refractivity contribution in [3.63, 3.8) is 0 Å². The first kappa shape index (κ1) is 20.9. The van der Waals surface area contributed by atoms with Crippen LogP contribution in [0, 0.1) is 5.92 Å². The zero-order valence-corrected chi connectivity index (χ0v) is 16.5. The quantitative estimate of drug-likeness (QED) is 0.493. The van der Waals surface area contributed by atoms with Crippen LogP contribution in [0.5, 0.6) is 0 Å². The summed E-state index contributed by atoms with van der Waals surface area (Å²) < 4.78 is 17.0. The van der Waals surface area contributed by atoms with E-state index in [0.29, 0.717) is 26.2 Å². The summed E-state index contributed by atoms with van der Waals surface area (Å²) in [5, 5.41) is 0. The van der Waals surface area contributed by atoms with Gasteiger partial charge in [0.2, 0.25) is 0 Å². The molecule has 3 atom stereocenters. The topological polar surface area (TPSA) is 48.0 Å². The number of rotatable bonds is 9. The second-order valence-corrected chi connectivity index (χ2v) is 6.66. The van der Waals surface area contributed by atoms with Gasteiger partial charge in [0.25, 0.3) is 0 Å². The third kappa shape index (κ3) is 5.29. The van der Waals surface area contributed by atoms with Crippen LogP contribution in [-0.4, -0.2) is 49.6 Å². The third-order valence-corrected chi connectivity index (χ3v) is 5.07. The Labute approximate surface area is 157 Å². The van der Waals surface area contributed by atoms with E-state index in [1.54, 1.807) is 0 Å². The molecule has 1 aliphatic heterocycles. The van der Waals surface area contributed by atoms with Crippen molar-refractivity contribution in [2.75, 3.05) is 26.4 Å². The minimum absolute atomic E-state index is 0.147. The molecule has 146 valence electrons. The van der Waals surface area contributed by atoms with Crippen molar-refractivity contribution in [3.8, 4) is 0 Å². The van der Waals surface area contributed by atoms with Crippen LogP contribution in [0.2, 0.25) is 0 Å². The van der Waals surface area contributed by atoms with Gasteiger partial charge in [0.15, 0.2) is 6.29 Å². The molecular weight excluding hydrogens is 330 g/mol. The average molecular weight is 363 g/mol. The van der Waals surface area contributed by atoms with E-state index in [-0.39, 0.29) is 30.3 Å². The van der Waals surface area contributed by atoms with E-state index in [1.165, 1.54) is 5.56 Å². The standard InChI is InChI=1S/C21H33NO4/c1-5-24-20(23)19-15-18(21(25-6-2)26-7-3)13-14-22(19)16(4)17-11-9-8-10-12-17/h8-12,16,18-19,21H,5-7,13-15H2,1-4H3/t16-,18?,19-/m0/s1. The maximum Gasteiger partial charge on any atom is 0.323 e. The van der Waals surface area contributed by atoms with Crippen LogP contribution in [-0.2, 0) is 19.0 Å². The Bertz CT molecular complexity index is 530. The highest BCUT2D eigenvalue weighted by molar-refractivity contribution is 5.76. The molecule has 1 saturated heterocycles. The summed E-state index contributed by atoms with van der Waals surface area (Å²) in [6.45, 7) is 10.4. The molecule has 5 heteroatoms. The van der Waals surface area contributed by atoms with Crippen molar-refractivity contribution >= 4 is 5.97 Å². The Hall–Kier alpha value is -1.43. The number of esters is 1. The number of piperidine rings is 1. The van der Waals surface area contributed by atoms with Crippen LogP contribution >= 0.6 is 0 Å². The minimum atomic E-state index is -0.271. The van der Waals surface area contributed by atoms with E-state index in [4.69, 9.17) is 14.2 Å². The van der Waals surface area contributed by atoms with E-state index < -0.39 is 0 Å². The fourth-order valence-electron chi connectivity index (χ4n) is 3.76. The SMILES string of the molecule is CCOC(=O)[C@@H]1CC(C(OCC)OCC)CCN1[C@@H](C)c1ccccc1. The second-order valence-electron chi connectivity index (χ2n) is 6.66. The second kappa shape index (κ2) is 10.7. The van der Waals surface area contributed by atoms with Gasteiger partial charge in [-0.2, -0.15) is 0 Å². The number of carbonyl (C=O) groups excluding carboxylic acids is 1. The van der Waals surface area contributed by atoms with Gasteiger partial charge in [-0.1, -0.05) is 30.3 Å². The zero-order chi connectivity index (χ0) is 18.9. The first-order valence-corrected chi connectivity index (χ1v) is 9.82. The predicted octanol–water partition coefficient (Wildman–Crippen LogP) is 3.79. The molecule has 1 fully saturated rings. The summed E-state index contributed by atoms with van der Waals surface area (Å²) in [7, 11) is 0. The number of likely N-dealkylation sites (tertiary alicyclic amines) is 1. The number of nitrogens with zero attached hydrogens (tertiary/aromatic N) is 1. The highest BCUT2D eigenvalue weighted by atomic mass is 16.7. The van der Waals surface area contributed by atoms with Crippen LogP contribution in [0.25, 0.3) is 0 Å². The normalized spacial score (nSPS) is 22.3. The average Bonchev–Trinajstić information content (AvgIpc) is 2.67. The summed E-state index contributed by atoms with van der Waals surface area (Å²) >= 11 is 0. The zero-order valence-electron chi connectivity index (χ0n) is 16.5. The largest absolute Gasteiger partial charge is 0.465 e. The molecule has 1 aromatic carbocycles. The summed E-state index contributed by atoms with van der Waals surface area (Å²) in [4.78, 5) is 14.9. The van der Waals surface area contributed by atoms with Gasteiger partial charge in [-0.15, -0.1) is 0 Å². The van der Waals surface area contributed by atoms with E-state index in [2.05, 4.69) is 24.0 Å². The highest BCUT2D eigenvalue weighted by Crippen LogP contribution is 2.34. The molecule has 2 rings (SSSR count). The molecule has 0 saturated carbocycles. The molecule has 0 aromatic heterocycles. The Kier molecular flexibility index (Phi) is 8.55. The first-order chi connectivity index (χ1) is 12.6. The van der Waals surface area contributed by atoms with E-state index in [0.717, 1.165) is 13.0 Å². The lowest BCUT2D eigenvalue weighted by molar-refractivity contribution is -0.185. The van der Waals surface area contributed by atoms with Gasteiger partial charge >= 0.3 is 5.97 Å². The molecule has 0 spiro atoms.